The summed E-state index contributed by atoms with van der Waals surface area (Å²) in [6.45, 7) is 0. The first-order valence-electron chi connectivity index (χ1n) is 0.204. The quantitative estimate of drug-likeness (QED) is 0.422. The third-order valence-electron chi connectivity index (χ3n) is 0. The molecule has 0 aliphatic rings. The Bertz CT molecular complexity index is 8.00. The van der Waals surface area contributed by atoms with Crippen LogP contribution in [0.2, 0.25) is 0 Å². The molecule has 0 aromatic heterocycles. The van der Waals surface area contributed by atoms with Crippen molar-refractivity contribution in [2.45, 2.75) is 0 Å². The van der Waals surface area contributed by atoms with Crippen LogP contribution >= 0.6 is 0 Å². The molecule has 0 aromatic rings. The molecule has 0 spiro atoms. The first-order valence-corrected chi connectivity index (χ1v) is 1.67. The van der Waals surface area contributed by atoms with Gasteiger partial charge in [-0.05, 0) is 0 Å². The Morgan fingerprint density at radius 2 is 1.25 bits per heavy atom. The summed E-state index contributed by atoms with van der Waals surface area (Å²) in [4.78, 5) is 0. The van der Waals surface area contributed by atoms with Gasteiger partial charge in [-0.25, -0.2) is 0 Å². The minimum absolute atomic E-state index is 0. The molecule has 0 aliphatic heterocycles. The van der Waals surface area contributed by atoms with Gasteiger partial charge < -0.3 is 0 Å². The zero-order chi connectivity index (χ0) is 2.00. The van der Waals surface area contributed by atoms with E-state index in [1.165, 1.54) is 0 Å². The normalized spacial score (nSPS) is 0.750. The predicted octanol–water partition coefficient (Wildman–Crippen LogP) is -2.49. The minimum atomic E-state index is 0. The van der Waals surface area contributed by atoms with Crippen LogP contribution in [-0.2, 0) is 27.2 Å². The van der Waals surface area contributed by atoms with Gasteiger partial charge in [-0.3, -0.25) is 0 Å². The first kappa shape index (κ1) is 16.4. The van der Waals surface area contributed by atoms with Crippen LogP contribution < -0.4 is 0 Å². The molecule has 0 fully saturated rings. The Morgan fingerprint density at radius 3 is 1.25 bits per heavy atom. The molecule has 0 unspecified atom stereocenters. The van der Waals surface area contributed by atoms with Crippen molar-refractivity contribution in [3.05, 3.63) is 0 Å². The Morgan fingerprint density at radius 1 is 1.25 bits per heavy atom. The van der Waals surface area contributed by atoms with E-state index < -0.39 is 0 Å². The van der Waals surface area contributed by atoms with Gasteiger partial charge in [0, 0.05) is 0 Å². The molecule has 0 rings (SSSR count). The van der Waals surface area contributed by atoms with Crippen LogP contribution in [0.15, 0.2) is 0 Å². The van der Waals surface area contributed by atoms with E-state index >= 15 is 0 Å². The van der Waals surface area contributed by atoms with Crippen LogP contribution in [0, 0.1) is 0 Å². The molecule has 0 N–H and O–H groups in total. The van der Waals surface area contributed by atoms with Crippen LogP contribution in [0.1, 0.15) is 0 Å². The fraction of sp³-hybridized carbons (Fsp3) is 0. The van der Waals surface area contributed by atoms with Crippen LogP contribution in [-0.4, -0.2) is 45.6 Å². The van der Waals surface area contributed by atoms with Crippen LogP contribution in [0.4, 0.5) is 0 Å². The molecule has 0 bridgehead atoms. The third-order valence-corrected chi connectivity index (χ3v) is 0. The van der Waals surface area contributed by atoms with Crippen LogP contribution in [0.5, 0.6) is 0 Å². The average molecular weight is 385 g/mol. The monoisotopic (exact) mass is 386 g/mol. The Kier molecular flexibility index (Phi) is 78.2. The van der Waals surface area contributed by atoms with Crippen molar-refractivity contribution in [2.24, 2.45) is 0 Å². The van der Waals surface area contributed by atoms with Gasteiger partial charge in [0.05, 0.1) is 0 Å². The third kappa shape index (κ3) is 8.90. The summed E-state index contributed by atoms with van der Waals surface area (Å²) < 4.78 is 8.39. The molecule has 0 amide bonds. The van der Waals surface area contributed by atoms with E-state index in [0.29, 0.717) is 0 Å². The number of hydrogen-bond acceptors (Lipinski definition) is 1. The summed E-state index contributed by atoms with van der Waals surface area (Å²) in [5.41, 5.74) is 0. The Labute approximate surface area is 71.8 Å². The maximum atomic E-state index is 8.39. The van der Waals surface area contributed by atoms with Crippen molar-refractivity contribution in [1.82, 2.24) is 0 Å². The van der Waals surface area contributed by atoms with E-state index in [1.807, 2.05) is 0 Å². The van der Waals surface area contributed by atoms with E-state index in [9.17, 15) is 0 Å². The summed E-state index contributed by atoms with van der Waals surface area (Å²) in [7, 11) is 0. The van der Waals surface area contributed by atoms with Crippen LogP contribution in [0.25, 0.3) is 0 Å². The van der Waals surface area contributed by atoms with Crippen molar-refractivity contribution in [1.29, 1.82) is 0 Å². The van der Waals surface area contributed by atoms with Crippen molar-refractivity contribution in [3.8, 4) is 0 Å². The van der Waals surface area contributed by atoms with Crippen molar-refractivity contribution >= 4 is 45.6 Å². The van der Waals surface area contributed by atoms with Gasteiger partial charge in [0.15, 0.2) is 0 Å². The summed E-state index contributed by atoms with van der Waals surface area (Å²) in [6.07, 6.45) is 0. The van der Waals surface area contributed by atoms with Gasteiger partial charge >= 0.3 is 72.9 Å². The van der Waals surface area contributed by atoms with Gasteiger partial charge in [-0.15, -0.1) is 0 Å². The van der Waals surface area contributed by atoms with Gasteiger partial charge in [-0.2, -0.15) is 0 Å². The second-order valence-electron chi connectivity index (χ2n) is 0. The molecule has 4 heteroatoms. The van der Waals surface area contributed by atoms with Gasteiger partial charge in [0.2, 0.25) is 0 Å². The second-order valence-corrected chi connectivity index (χ2v) is 0. The molecule has 0 aliphatic carbocycles. The molecule has 22 valence electrons. The zero-order valence-corrected chi connectivity index (χ0v) is 4.50. The Hall–Kier alpha value is 2.18. The molecular formula is H6GaHfInO. The van der Waals surface area contributed by atoms with E-state index in [1.54, 1.807) is 0 Å². The second kappa shape index (κ2) is 19.1. The van der Waals surface area contributed by atoms with Gasteiger partial charge in [-0.1, -0.05) is 0 Å². The molecule has 0 saturated heterocycles. The van der Waals surface area contributed by atoms with Crippen molar-refractivity contribution in [2.75, 3.05) is 0 Å². The molecule has 0 radical (unpaired) electrons. The fourth-order valence-electron chi connectivity index (χ4n) is 0. The predicted molar refractivity (Wildman–Crippen MR) is 20.6 cm³/mol. The van der Waals surface area contributed by atoms with E-state index in [0.717, 1.165) is 0 Å². The van der Waals surface area contributed by atoms with E-state index in [2.05, 4.69) is 0 Å². The van der Waals surface area contributed by atoms with Gasteiger partial charge in [0.1, 0.15) is 0 Å². The number of hydrogen-bond donors (Lipinski definition) is 0. The maximum absolute atomic E-state index is 8.39. The molecule has 0 aromatic carbocycles. The first-order chi connectivity index (χ1) is 1.00. The zero-order valence-electron chi connectivity index (χ0n) is 0.908. The van der Waals surface area contributed by atoms with Crippen LogP contribution in [0.3, 0.4) is 0 Å². The van der Waals surface area contributed by atoms with Gasteiger partial charge in [0.25, 0.3) is 0 Å². The number of rotatable bonds is 0. The Balaban J connectivity index is -0.00000000500. The standard InChI is InChI=1S/Ga.Hf.In.O.6H. The summed E-state index contributed by atoms with van der Waals surface area (Å²) in [5.74, 6) is 0. The van der Waals surface area contributed by atoms with Crippen molar-refractivity contribution < 1.29 is 27.2 Å². The summed E-state index contributed by atoms with van der Waals surface area (Å²) in [5, 5.41) is 0. The molecule has 0 heterocycles. The van der Waals surface area contributed by atoms with E-state index in [-0.39, 0.29) is 70.0 Å². The topological polar surface area (TPSA) is 17.1 Å². The SMILES string of the molecule is [GaH3].[InH3].[O]=[Hf]. The summed E-state index contributed by atoms with van der Waals surface area (Å²) in [6, 6.07) is 0. The van der Waals surface area contributed by atoms with Crippen molar-refractivity contribution in [3.63, 3.8) is 0 Å². The average Bonchev–Trinajstić information content (AvgIpc) is 1.00. The molecule has 1 nitrogen and oxygen atoms in total. The van der Waals surface area contributed by atoms with E-state index in [4.69, 9.17) is 2.85 Å². The summed E-state index contributed by atoms with van der Waals surface area (Å²) >= 11 is 0.0556. The molecular weight excluding hydrogens is 379 g/mol. The molecule has 0 atom stereocenters. The molecule has 0 saturated carbocycles. The molecule has 4 heavy (non-hydrogen) atoms. The fourth-order valence-corrected chi connectivity index (χ4v) is 0.